The van der Waals surface area contributed by atoms with Crippen LogP contribution in [0.15, 0.2) is 12.2 Å². The zero-order valence-electron chi connectivity index (χ0n) is 12.7. The van der Waals surface area contributed by atoms with Crippen molar-refractivity contribution in [1.82, 2.24) is 0 Å². The highest BCUT2D eigenvalue weighted by atomic mass is 28.3. The van der Waals surface area contributed by atoms with E-state index in [9.17, 15) is 4.79 Å². The molecule has 0 spiro atoms. The molecule has 1 unspecified atom stereocenters. The van der Waals surface area contributed by atoms with E-state index in [0.29, 0.717) is 6.61 Å². The number of carbonyl (C=O) groups is 1. The molecule has 0 aromatic rings. The first-order valence-electron chi connectivity index (χ1n) is 7.16. The number of hydrogen-bond donors (Lipinski definition) is 0. The van der Waals surface area contributed by atoms with Crippen LogP contribution in [0.1, 0.15) is 40.5 Å². The summed E-state index contributed by atoms with van der Waals surface area (Å²) in [6.45, 7) is 9.98. The fourth-order valence-electron chi connectivity index (χ4n) is 1.49. The molecule has 0 rings (SSSR count). The molecule has 0 N–H and O–H groups in total. The summed E-state index contributed by atoms with van der Waals surface area (Å²) in [7, 11) is -1.62. The first kappa shape index (κ1) is 18.3. The summed E-state index contributed by atoms with van der Waals surface area (Å²) in [5.74, 6) is -0.00361. The van der Waals surface area contributed by atoms with E-state index in [-0.39, 0.29) is 11.9 Å². The van der Waals surface area contributed by atoms with Gasteiger partial charge in [0.15, 0.2) is 0 Å². The minimum atomic E-state index is -1.62. The van der Waals surface area contributed by atoms with Crippen molar-refractivity contribution < 1.29 is 18.4 Å². The Morgan fingerprint density at radius 1 is 1.21 bits per heavy atom. The second-order valence-electron chi connectivity index (χ2n) is 4.64. The molecule has 0 amide bonds. The molecule has 4 nitrogen and oxygen atoms in total. The molecular formula is C14H28O4Si. The lowest BCUT2D eigenvalue weighted by Gasteiger charge is -2.19. The van der Waals surface area contributed by atoms with Gasteiger partial charge >= 0.3 is 15.3 Å². The fraction of sp³-hybridized carbons (Fsp3) is 0.786. The molecule has 0 heterocycles. The van der Waals surface area contributed by atoms with E-state index in [1.165, 1.54) is 6.08 Å². The normalized spacial score (nSPS) is 13.1. The molecule has 0 aromatic heterocycles. The second kappa shape index (κ2) is 12.4. The Hall–Kier alpha value is -0.653. The van der Waals surface area contributed by atoms with E-state index in [1.807, 2.05) is 0 Å². The third-order valence-corrected chi connectivity index (χ3v) is 4.83. The summed E-state index contributed by atoms with van der Waals surface area (Å²) in [6.07, 6.45) is 5.12. The van der Waals surface area contributed by atoms with E-state index in [2.05, 4.69) is 20.8 Å². The van der Waals surface area contributed by atoms with E-state index in [1.54, 1.807) is 13.0 Å². The van der Waals surface area contributed by atoms with Crippen LogP contribution in [0, 0.1) is 5.92 Å². The molecular weight excluding hydrogens is 260 g/mol. The summed E-state index contributed by atoms with van der Waals surface area (Å²) in [4.78, 5) is 11.2. The van der Waals surface area contributed by atoms with E-state index in [0.717, 1.165) is 32.1 Å². The first-order chi connectivity index (χ1) is 9.13. The summed E-state index contributed by atoms with van der Waals surface area (Å²) in [5, 5.41) is 0. The maximum atomic E-state index is 11.2. The van der Waals surface area contributed by atoms with E-state index in [4.69, 9.17) is 13.6 Å². The van der Waals surface area contributed by atoms with Crippen molar-refractivity contribution in [3.63, 3.8) is 0 Å². The lowest BCUT2D eigenvalue weighted by atomic mass is 10.2. The van der Waals surface area contributed by atoms with Crippen molar-refractivity contribution in [2.45, 2.75) is 46.6 Å². The fourth-order valence-corrected chi connectivity index (χ4v) is 3.65. The Kier molecular flexibility index (Phi) is 12.0. The van der Waals surface area contributed by atoms with Gasteiger partial charge < -0.3 is 13.6 Å². The van der Waals surface area contributed by atoms with E-state index >= 15 is 0 Å². The summed E-state index contributed by atoms with van der Waals surface area (Å²) < 4.78 is 16.7. The van der Waals surface area contributed by atoms with Gasteiger partial charge in [-0.05, 0) is 31.7 Å². The van der Waals surface area contributed by atoms with Crippen LogP contribution in [0.4, 0.5) is 0 Å². The highest BCUT2D eigenvalue weighted by Crippen LogP contribution is 2.10. The predicted molar refractivity (Wildman–Crippen MR) is 79.4 cm³/mol. The van der Waals surface area contributed by atoms with Gasteiger partial charge in [-0.1, -0.05) is 26.8 Å². The molecule has 0 aliphatic heterocycles. The predicted octanol–water partition coefficient (Wildman–Crippen LogP) is 2.82. The van der Waals surface area contributed by atoms with Crippen LogP contribution in [0.2, 0.25) is 6.04 Å². The Balaban J connectivity index is 3.98. The van der Waals surface area contributed by atoms with Crippen molar-refractivity contribution >= 4 is 15.3 Å². The van der Waals surface area contributed by atoms with Gasteiger partial charge in [-0.2, -0.15) is 0 Å². The number of carbonyl (C=O) groups excluding carboxylic acids is 1. The summed E-state index contributed by atoms with van der Waals surface area (Å²) in [5.41, 5.74) is 0. The van der Waals surface area contributed by atoms with Gasteiger partial charge in [0.05, 0.1) is 6.61 Å². The van der Waals surface area contributed by atoms with Crippen molar-refractivity contribution in [2.75, 3.05) is 19.8 Å². The third kappa shape index (κ3) is 10.9. The van der Waals surface area contributed by atoms with Crippen molar-refractivity contribution in [3.05, 3.63) is 12.2 Å². The molecule has 5 heteroatoms. The zero-order valence-corrected chi connectivity index (χ0v) is 13.8. The smallest absolute Gasteiger partial charge is 0.330 e. The molecule has 0 bridgehead atoms. The quantitative estimate of drug-likeness (QED) is 0.333. The molecule has 19 heavy (non-hydrogen) atoms. The van der Waals surface area contributed by atoms with Crippen molar-refractivity contribution in [1.29, 1.82) is 0 Å². The second-order valence-corrected chi connectivity index (χ2v) is 6.64. The minimum absolute atomic E-state index is 0.277. The highest BCUT2D eigenvalue weighted by molar-refractivity contribution is 6.44. The van der Waals surface area contributed by atoms with Crippen LogP contribution in [0.25, 0.3) is 0 Å². The van der Waals surface area contributed by atoms with Gasteiger partial charge in [0.2, 0.25) is 0 Å². The molecule has 1 atom stereocenters. The molecule has 0 fully saturated rings. The average Bonchev–Trinajstić information content (AvgIpc) is 2.40. The minimum Gasteiger partial charge on any atom is -0.462 e. The summed E-state index contributed by atoms with van der Waals surface area (Å²) in [6, 6.07) is 0.878. The number of ether oxygens (including phenoxy) is 1. The number of allylic oxidation sites excluding steroid dienone is 1. The maximum Gasteiger partial charge on any atom is 0.330 e. The Bertz CT molecular complexity index is 248. The van der Waals surface area contributed by atoms with Gasteiger partial charge in [0, 0.05) is 19.3 Å². The monoisotopic (exact) mass is 288 g/mol. The topological polar surface area (TPSA) is 44.8 Å². The molecule has 0 aliphatic carbocycles. The van der Waals surface area contributed by atoms with Crippen LogP contribution in [0.3, 0.4) is 0 Å². The molecule has 0 saturated heterocycles. The summed E-state index contributed by atoms with van der Waals surface area (Å²) >= 11 is 0. The maximum absolute atomic E-state index is 11.2. The van der Waals surface area contributed by atoms with Crippen molar-refractivity contribution in [3.8, 4) is 0 Å². The van der Waals surface area contributed by atoms with Gasteiger partial charge in [-0.3, -0.25) is 0 Å². The van der Waals surface area contributed by atoms with Crippen LogP contribution in [-0.2, 0) is 18.4 Å². The average molecular weight is 288 g/mol. The van der Waals surface area contributed by atoms with Crippen molar-refractivity contribution in [2.24, 2.45) is 5.92 Å². The van der Waals surface area contributed by atoms with E-state index < -0.39 is 9.28 Å². The largest absolute Gasteiger partial charge is 0.462 e. The Morgan fingerprint density at radius 3 is 2.26 bits per heavy atom. The number of hydrogen-bond acceptors (Lipinski definition) is 4. The van der Waals surface area contributed by atoms with Gasteiger partial charge in [0.25, 0.3) is 0 Å². The SMILES string of the molecule is CC=CC(=O)OCC(C)C[SiH](OCCC)OCCC. The van der Waals surface area contributed by atoms with Gasteiger partial charge in [0.1, 0.15) is 0 Å². The molecule has 112 valence electrons. The van der Waals surface area contributed by atoms with Gasteiger partial charge in [-0.25, -0.2) is 4.79 Å². The standard InChI is InChI=1S/C14H28O4Si/c1-5-8-14(15)16-11-13(4)12-19(17-9-6-2)18-10-7-3/h5,8,13,19H,6-7,9-12H2,1-4H3. The van der Waals surface area contributed by atoms with Crippen LogP contribution < -0.4 is 0 Å². The van der Waals surface area contributed by atoms with Crippen LogP contribution >= 0.6 is 0 Å². The Morgan fingerprint density at radius 2 is 1.79 bits per heavy atom. The van der Waals surface area contributed by atoms with Crippen LogP contribution in [0.5, 0.6) is 0 Å². The lowest BCUT2D eigenvalue weighted by molar-refractivity contribution is -0.138. The molecule has 0 aromatic carbocycles. The van der Waals surface area contributed by atoms with Gasteiger partial charge in [-0.15, -0.1) is 0 Å². The highest BCUT2D eigenvalue weighted by Gasteiger charge is 2.18. The zero-order chi connectivity index (χ0) is 14.5. The number of esters is 1. The molecule has 0 radical (unpaired) electrons. The molecule has 0 aliphatic rings. The Labute approximate surface area is 119 Å². The number of rotatable bonds is 11. The third-order valence-electron chi connectivity index (χ3n) is 2.42. The van der Waals surface area contributed by atoms with Crippen LogP contribution in [-0.4, -0.2) is 35.1 Å². The first-order valence-corrected chi connectivity index (χ1v) is 8.92. The molecule has 0 saturated carbocycles. The lowest BCUT2D eigenvalue weighted by Crippen LogP contribution is -2.27.